The number of nitrogens with zero attached hydrogens (tertiary/aromatic N) is 1. The van der Waals surface area contributed by atoms with Gasteiger partial charge in [0.1, 0.15) is 11.3 Å². The molecular formula is C20H16N2O4S. The van der Waals surface area contributed by atoms with Gasteiger partial charge in [-0.05, 0) is 42.5 Å². The van der Waals surface area contributed by atoms with Gasteiger partial charge in [-0.1, -0.05) is 36.0 Å². The number of ether oxygens (including phenoxy) is 1. The molecule has 136 valence electrons. The molecule has 0 unspecified atom stereocenters. The number of anilines is 1. The summed E-state index contributed by atoms with van der Waals surface area (Å²) in [7, 11) is 1.44. The van der Waals surface area contributed by atoms with E-state index in [1.165, 1.54) is 25.3 Å². The van der Waals surface area contributed by atoms with Crippen LogP contribution in [0.3, 0.4) is 0 Å². The Labute approximate surface area is 160 Å². The Hall–Kier alpha value is -3.32. The minimum Gasteiger partial charge on any atom is -0.497 e. The summed E-state index contributed by atoms with van der Waals surface area (Å²) in [6.07, 6.45) is 0. The maximum absolute atomic E-state index is 12.6. The Morgan fingerprint density at radius 2 is 1.74 bits per heavy atom. The van der Waals surface area contributed by atoms with E-state index in [2.05, 4.69) is 5.32 Å². The first-order valence-electron chi connectivity index (χ1n) is 8.03. The maximum atomic E-state index is 12.6. The van der Waals surface area contributed by atoms with Crippen molar-refractivity contribution in [3.63, 3.8) is 0 Å². The van der Waals surface area contributed by atoms with Crippen molar-refractivity contribution >= 4 is 29.0 Å². The number of hydrogen-bond donors (Lipinski definition) is 1. The second-order valence-corrected chi connectivity index (χ2v) is 6.68. The summed E-state index contributed by atoms with van der Waals surface area (Å²) in [5.74, 6) is -0.193. The number of nitro benzene ring substituents is 1. The molecule has 3 rings (SSSR count). The summed E-state index contributed by atoms with van der Waals surface area (Å²) in [6, 6.07) is 21.2. The largest absolute Gasteiger partial charge is 0.497 e. The monoisotopic (exact) mass is 380 g/mol. The van der Waals surface area contributed by atoms with Crippen LogP contribution in [-0.2, 0) is 0 Å². The van der Waals surface area contributed by atoms with E-state index in [0.29, 0.717) is 11.4 Å². The van der Waals surface area contributed by atoms with Crippen molar-refractivity contribution in [3.05, 3.63) is 88.5 Å². The molecule has 0 spiro atoms. The van der Waals surface area contributed by atoms with Gasteiger partial charge in [0.25, 0.3) is 11.6 Å². The number of carbonyl (C=O) groups excluding carboxylic acids is 1. The van der Waals surface area contributed by atoms with Crippen LogP contribution in [0.1, 0.15) is 10.4 Å². The fourth-order valence-electron chi connectivity index (χ4n) is 2.44. The third-order valence-corrected chi connectivity index (χ3v) is 4.71. The van der Waals surface area contributed by atoms with Crippen LogP contribution >= 0.6 is 11.8 Å². The molecule has 1 N–H and O–H groups in total. The second kappa shape index (κ2) is 8.37. The van der Waals surface area contributed by atoms with Crippen molar-refractivity contribution < 1.29 is 14.5 Å². The van der Waals surface area contributed by atoms with Crippen LogP contribution in [0, 0.1) is 10.1 Å². The SMILES string of the molecule is COc1ccc([N+](=O)[O-])c(C(=O)Nc2cccc(Sc3ccccc3)c2)c1. The number of methoxy groups -OCH3 is 1. The summed E-state index contributed by atoms with van der Waals surface area (Å²) in [5.41, 5.74) is 0.224. The van der Waals surface area contributed by atoms with Crippen LogP contribution < -0.4 is 10.1 Å². The lowest BCUT2D eigenvalue weighted by Gasteiger charge is -2.09. The molecule has 7 heteroatoms. The molecule has 3 aromatic rings. The quantitative estimate of drug-likeness (QED) is 0.480. The van der Waals surface area contributed by atoms with E-state index >= 15 is 0 Å². The zero-order chi connectivity index (χ0) is 19.2. The molecule has 0 atom stereocenters. The summed E-state index contributed by atoms with van der Waals surface area (Å²) < 4.78 is 5.07. The van der Waals surface area contributed by atoms with Gasteiger partial charge in [-0.25, -0.2) is 0 Å². The average Bonchev–Trinajstić information content (AvgIpc) is 2.68. The van der Waals surface area contributed by atoms with Gasteiger partial charge in [0.15, 0.2) is 0 Å². The minimum absolute atomic E-state index is 0.0551. The van der Waals surface area contributed by atoms with E-state index in [4.69, 9.17) is 4.74 Å². The van der Waals surface area contributed by atoms with E-state index < -0.39 is 10.8 Å². The molecule has 0 aliphatic rings. The summed E-state index contributed by atoms with van der Waals surface area (Å²) >= 11 is 1.56. The van der Waals surface area contributed by atoms with Crippen molar-refractivity contribution in [2.45, 2.75) is 9.79 Å². The normalized spacial score (nSPS) is 10.3. The number of hydrogen-bond acceptors (Lipinski definition) is 5. The fourth-order valence-corrected chi connectivity index (χ4v) is 3.34. The predicted octanol–water partition coefficient (Wildman–Crippen LogP) is 5.01. The Bertz CT molecular complexity index is 977. The van der Waals surface area contributed by atoms with Gasteiger partial charge in [0.05, 0.1) is 12.0 Å². The van der Waals surface area contributed by atoms with E-state index in [0.717, 1.165) is 9.79 Å². The molecule has 0 heterocycles. The Morgan fingerprint density at radius 1 is 1.00 bits per heavy atom. The first kappa shape index (κ1) is 18.5. The molecule has 1 amide bonds. The Morgan fingerprint density at radius 3 is 2.44 bits per heavy atom. The van der Waals surface area contributed by atoms with Crippen LogP contribution in [0.4, 0.5) is 11.4 Å². The number of nitrogens with one attached hydrogen (secondary N) is 1. The lowest BCUT2D eigenvalue weighted by Crippen LogP contribution is -2.14. The molecule has 0 radical (unpaired) electrons. The lowest BCUT2D eigenvalue weighted by atomic mass is 10.1. The van der Waals surface area contributed by atoms with Gasteiger partial charge in [-0.15, -0.1) is 0 Å². The molecule has 0 saturated carbocycles. The third-order valence-electron chi connectivity index (χ3n) is 3.72. The van der Waals surface area contributed by atoms with Crippen LogP contribution in [0.5, 0.6) is 5.75 Å². The molecule has 0 aliphatic heterocycles. The number of benzene rings is 3. The Balaban J connectivity index is 1.82. The van der Waals surface area contributed by atoms with E-state index in [-0.39, 0.29) is 11.3 Å². The standard InChI is InChI=1S/C20H16N2O4S/c1-26-15-10-11-19(22(24)25)18(13-15)20(23)21-14-6-5-9-17(12-14)27-16-7-3-2-4-8-16/h2-13H,1H3,(H,21,23). The molecule has 0 fully saturated rings. The maximum Gasteiger partial charge on any atom is 0.282 e. The van der Waals surface area contributed by atoms with Crippen molar-refractivity contribution in [2.75, 3.05) is 12.4 Å². The highest BCUT2D eigenvalue weighted by Gasteiger charge is 2.21. The van der Waals surface area contributed by atoms with E-state index in [1.807, 2.05) is 48.5 Å². The van der Waals surface area contributed by atoms with E-state index in [1.54, 1.807) is 17.8 Å². The van der Waals surface area contributed by atoms with Gasteiger partial charge >= 0.3 is 0 Å². The molecule has 0 aliphatic carbocycles. The Kier molecular flexibility index (Phi) is 5.73. The smallest absolute Gasteiger partial charge is 0.282 e. The van der Waals surface area contributed by atoms with Crippen LogP contribution in [-0.4, -0.2) is 17.9 Å². The number of carbonyl (C=O) groups is 1. The molecule has 6 nitrogen and oxygen atoms in total. The first-order chi connectivity index (χ1) is 13.1. The predicted molar refractivity (Wildman–Crippen MR) is 105 cm³/mol. The molecule has 27 heavy (non-hydrogen) atoms. The average molecular weight is 380 g/mol. The highest BCUT2D eigenvalue weighted by Crippen LogP contribution is 2.30. The highest BCUT2D eigenvalue weighted by atomic mass is 32.2. The molecule has 3 aromatic carbocycles. The van der Waals surface area contributed by atoms with Gasteiger partial charge in [0, 0.05) is 21.5 Å². The summed E-state index contributed by atoms with van der Waals surface area (Å²) in [4.78, 5) is 25.2. The fraction of sp³-hybridized carbons (Fsp3) is 0.0500. The van der Waals surface area contributed by atoms with Crippen LogP contribution in [0.2, 0.25) is 0 Å². The van der Waals surface area contributed by atoms with Gasteiger partial charge < -0.3 is 10.1 Å². The zero-order valence-corrected chi connectivity index (χ0v) is 15.2. The van der Waals surface area contributed by atoms with E-state index in [9.17, 15) is 14.9 Å². The van der Waals surface area contributed by atoms with Crippen molar-refractivity contribution in [1.29, 1.82) is 0 Å². The lowest BCUT2D eigenvalue weighted by molar-refractivity contribution is -0.385. The topological polar surface area (TPSA) is 81.5 Å². The second-order valence-electron chi connectivity index (χ2n) is 5.54. The minimum atomic E-state index is -0.587. The van der Waals surface area contributed by atoms with Gasteiger partial charge in [-0.2, -0.15) is 0 Å². The summed E-state index contributed by atoms with van der Waals surface area (Å²) in [6.45, 7) is 0. The number of rotatable bonds is 6. The number of amides is 1. The first-order valence-corrected chi connectivity index (χ1v) is 8.85. The van der Waals surface area contributed by atoms with Crippen molar-refractivity contribution in [1.82, 2.24) is 0 Å². The van der Waals surface area contributed by atoms with Gasteiger partial charge in [0.2, 0.25) is 0 Å². The molecular weight excluding hydrogens is 364 g/mol. The van der Waals surface area contributed by atoms with Crippen molar-refractivity contribution in [2.24, 2.45) is 0 Å². The molecule has 0 bridgehead atoms. The third kappa shape index (κ3) is 4.65. The van der Waals surface area contributed by atoms with Gasteiger partial charge in [-0.3, -0.25) is 14.9 Å². The highest BCUT2D eigenvalue weighted by molar-refractivity contribution is 7.99. The van der Waals surface area contributed by atoms with Crippen LogP contribution in [0.15, 0.2) is 82.6 Å². The summed E-state index contributed by atoms with van der Waals surface area (Å²) in [5, 5.41) is 13.9. The zero-order valence-electron chi connectivity index (χ0n) is 14.4. The van der Waals surface area contributed by atoms with Crippen LogP contribution in [0.25, 0.3) is 0 Å². The molecule has 0 saturated heterocycles. The number of nitro groups is 1. The molecule has 0 aromatic heterocycles. The van der Waals surface area contributed by atoms with Crippen molar-refractivity contribution in [3.8, 4) is 5.75 Å².